The molecule has 0 atom stereocenters. The molecule has 0 unspecified atom stereocenters. The lowest BCUT2D eigenvalue weighted by Crippen LogP contribution is -2.48. The normalized spacial score (nSPS) is 14.7. The Bertz CT molecular complexity index is 758. The van der Waals surface area contributed by atoms with Gasteiger partial charge in [0.05, 0.1) is 13.3 Å². The third-order valence-corrected chi connectivity index (χ3v) is 4.43. The van der Waals surface area contributed by atoms with Crippen molar-refractivity contribution in [3.63, 3.8) is 0 Å². The van der Waals surface area contributed by atoms with Crippen LogP contribution in [0, 0.1) is 13.8 Å². The van der Waals surface area contributed by atoms with Gasteiger partial charge in [0.1, 0.15) is 0 Å². The largest absolute Gasteiger partial charge is 0.385 e. The van der Waals surface area contributed by atoms with Crippen LogP contribution in [0.5, 0.6) is 0 Å². The average Bonchev–Trinajstić information content (AvgIpc) is 2.61. The van der Waals surface area contributed by atoms with E-state index in [2.05, 4.69) is 9.80 Å². The van der Waals surface area contributed by atoms with E-state index in [1.807, 2.05) is 44.2 Å². The maximum Gasteiger partial charge on any atom is 0.259 e. The minimum atomic E-state index is 0.0369. The fourth-order valence-corrected chi connectivity index (χ4v) is 2.96. The van der Waals surface area contributed by atoms with Crippen LogP contribution in [0.25, 0.3) is 0 Å². The standard InChI is InChI=1S/C18H24N4O2/c1-14-15(2)19-18-21(16-8-5-4-6-9-16)12-20(10-7-11-24-3)13-22(18)17(14)23/h4-6,8-9H,7,10-13H2,1-3H3. The van der Waals surface area contributed by atoms with E-state index in [0.717, 1.165) is 36.9 Å². The molecule has 0 bridgehead atoms. The van der Waals surface area contributed by atoms with Gasteiger partial charge in [-0.1, -0.05) is 18.2 Å². The maximum absolute atomic E-state index is 12.7. The number of anilines is 2. The van der Waals surface area contributed by atoms with Crippen LogP contribution in [0.4, 0.5) is 11.6 Å². The van der Waals surface area contributed by atoms with Gasteiger partial charge in [-0.25, -0.2) is 4.98 Å². The van der Waals surface area contributed by atoms with Crippen molar-refractivity contribution in [2.75, 3.05) is 31.8 Å². The summed E-state index contributed by atoms with van der Waals surface area (Å²) < 4.78 is 6.92. The first-order valence-corrected chi connectivity index (χ1v) is 8.23. The molecule has 0 radical (unpaired) electrons. The lowest BCUT2D eigenvalue weighted by molar-refractivity contribution is 0.150. The number of aromatic nitrogens is 2. The van der Waals surface area contributed by atoms with Gasteiger partial charge in [-0.05, 0) is 32.4 Å². The number of benzene rings is 1. The van der Waals surface area contributed by atoms with Gasteiger partial charge in [0.2, 0.25) is 5.95 Å². The Labute approximate surface area is 142 Å². The summed E-state index contributed by atoms with van der Waals surface area (Å²) in [6.45, 7) is 6.60. The monoisotopic (exact) mass is 328 g/mol. The second-order valence-electron chi connectivity index (χ2n) is 6.14. The summed E-state index contributed by atoms with van der Waals surface area (Å²) >= 11 is 0. The zero-order valence-electron chi connectivity index (χ0n) is 14.5. The predicted molar refractivity (Wildman–Crippen MR) is 94.6 cm³/mol. The molecule has 6 nitrogen and oxygen atoms in total. The number of methoxy groups -OCH3 is 1. The SMILES string of the molecule is COCCCN1CN(c2ccccc2)c2nc(C)c(C)c(=O)n2C1. The number of nitrogens with zero attached hydrogens (tertiary/aromatic N) is 4. The molecule has 1 aromatic carbocycles. The van der Waals surface area contributed by atoms with Crippen LogP contribution < -0.4 is 10.5 Å². The summed E-state index contributed by atoms with van der Waals surface area (Å²) in [4.78, 5) is 21.8. The molecule has 2 aromatic rings. The fraction of sp³-hybridized carbons (Fsp3) is 0.444. The molecule has 1 aliphatic heterocycles. The molecule has 0 aliphatic carbocycles. The minimum Gasteiger partial charge on any atom is -0.385 e. The summed E-state index contributed by atoms with van der Waals surface area (Å²) in [7, 11) is 1.71. The van der Waals surface area contributed by atoms with Gasteiger partial charge >= 0.3 is 0 Å². The number of hydrogen-bond acceptors (Lipinski definition) is 5. The van der Waals surface area contributed by atoms with Crippen LogP contribution in [0.1, 0.15) is 17.7 Å². The highest BCUT2D eigenvalue weighted by molar-refractivity contribution is 5.58. The summed E-state index contributed by atoms with van der Waals surface area (Å²) in [5.41, 5.74) is 2.58. The molecule has 0 N–H and O–H groups in total. The van der Waals surface area contributed by atoms with Crippen LogP contribution in [0.2, 0.25) is 0 Å². The Morgan fingerprint density at radius 2 is 1.92 bits per heavy atom. The Hall–Kier alpha value is -2.18. The second-order valence-corrected chi connectivity index (χ2v) is 6.14. The highest BCUT2D eigenvalue weighted by atomic mass is 16.5. The van der Waals surface area contributed by atoms with E-state index in [9.17, 15) is 4.79 Å². The molecule has 1 aliphatic rings. The first-order chi connectivity index (χ1) is 11.6. The Morgan fingerprint density at radius 1 is 1.17 bits per heavy atom. The fourth-order valence-electron chi connectivity index (χ4n) is 2.96. The number of fused-ring (bicyclic) bond motifs is 1. The molecule has 0 fully saturated rings. The van der Waals surface area contributed by atoms with Crippen molar-refractivity contribution in [3.05, 3.63) is 51.9 Å². The third kappa shape index (κ3) is 3.20. The van der Waals surface area contributed by atoms with E-state index in [1.165, 1.54) is 0 Å². The minimum absolute atomic E-state index is 0.0369. The molecule has 24 heavy (non-hydrogen) atoms. The van der Waals surface area contributed by atoms with Crippen LogP contribution in [0.15, 0.2) is 35.1 Å². The number of para-hydroxylation sites is 1. The molecular formula is C18H24N4O2. The number of hydrogen-bond donors (Lipinski definition) is 0. The molecule has 0 saturated heterocycles. The summed E-state index contributed by atoms with van der Waals surface area (Å²) in [6, 6.07) is 10.1. The van der Waals surface area contributed by atoms with Crippen molar-refractivity contribution >= 4 is 11.6 Å². The van der Waals surface area contributed by atoms with E-state index >= 15 is 0 Å². The van der Waals surface area contributed by atoms with Gasteiger partial charge in [0, 0.05) is 37.2 Å². The van der Waals surface area contributed by atoms with E-state index in [4.69, 9.17) is 9.72 Å². The molecule has 0 saturated carbocycles. The van der Waals surface area contributed by atoms with E-state index in [-0.39, 0.29) is 5.56 Å². The van der Waals surface area contributed by atoms with E-state index in [0.29, 0.717) is 18.9 Å². The van der Waals surface area contributed by atoms with Crippen molar-refractivity contribution in [2.45, 2.75) is 26.9 Å². The van der Waals surface area contributed by atoms with Crippen molar-refractivity contribution in [1.29, 1.82) is 0 Å². The Morgan fingerprint density at radius 3 is 2.62 bits per heavy atom. The molecule has 1 aromatic heterocycles. The topological polar surface area (TPSA) is 50.6 Å². The van der Waals surface area contributed by atoms with Gasteiger partial charge in [0.15, 0.2) is 0 Å². The van der Waals surface area contributed by atoms with Crippen LogP contribution in [-0.4, -0.2) is 41.4 Å². The van der Waals surface area contributed by atoms with Crippen LogP contribution >= 0.6 is 0 Å². The lowest BCUT2D eigenvalue weighted by Gasteiger charge is -2.38. The molecular weight excluding hydrogens is 304 g/mol. The molecule has 0 amide bonds. The maximum atomic E-state index is 12.7. The highest BCUT2D eigenvalue weighted by Crippen LogP contribution is 2.27. The predicted octanol–water partition coefficient (Wildman–Crippen LogP) is 2.27. The van der Waals surface area contributed by atoms with Crippen LogP contribution in [0.3, 0.4) is 0 Å². The van der Waals surface area contributed by atoms with Crippen molar-refractivity contribution in [2.24, 2.45) is 0 Å². The smallest absolute Gasteiger partial charge is 0.259 e. The van der Waals surface area contributed by atoms with Gasteiger partial charge in [-0.15, -0.1) is 0 Å². The zero-order chi connectivity index (χ0) is 17.1. The molecule has 0 spiro atoms. The van der Waals surface area contributed by atoms with Gasteiger partial charge < -0.3 is 4.74 Å². The first kappa shape index (κ1) is 16.7. The molecule has 3 rings (SSSR count). The van der Waals surface area contributed by atoms with Crippen molar-refractivity contribution in [1.82, 2.24) is 14.5 Å². The summed E-state index contributed by atoms with van der Waals surface area (Å²) in [6.07, 6.45) is 0.932. The lowest BCUT2D eigenvalue weighted by atomic mass is 10.2. The quantitative estimate of drug-likeness (QED) is 0.788. The first-order valence-electron chi connectivity index (χ1n) is 8.23. The highest BCUT2D eigenvalue weighted by Gasteiger charge is 2.26. The van der Waals surface area contributed by atoms with Crippen molar-refractivity contribution < 1.29 is 4.74 Å². The summed E-state index contributed by atoms with van der Waals surface area (Å²) in [5, 5.41) is 0. The number of ether oxygens (including phenoxy) is 1. The number of rotatable bonds is 5. The molecule has 6 heteroatoms. The van der Waals surface area contributed by atoms with E-state index in [1.54, 1.807) is 11.7 Å². The van der Waals surface area contributed by atoms with Gasteiger partial charge in [0.25, 0.3) is 5.56 Å². The average molecular weight is 328 g/mol. The van der Waals surface area contributed by atoms with Crippen LogP contribution in [-0.2, 0) is 11.4 Å². The van der Waals surface area contributed by atoms with Crippen molar-refractivity contribution in [3.8, 4) is 0 Å². The molecule has 128 valence electrons. The summed E-state index contributed by atoms with van der Waals surface area (Å²) in [5.74, 6) is 0.720. The van der Waals surface area contributed by atoms with Gasteiger partial charge in [-0.2, -0.15) is 0 Å². The molecule has 2 heterocycles. The van der Waals surface area contributed by atoms with E-state index < -0.39 is 0 Å². The zero-order valence-corrected chi connectivity index (χ0v) is 14.5. The third-order valence-electron chi connectivity index (χ3n) is 4.43. The second kappa shape index (κ2) is 7.15. The Kier molecular flexibility index (Phi) is 4.97. The van der Waals surface area contributed by atoms with Gasteiger partial charge in [-0.3, -0.25) is 19.2 Å². The Balaban J connectivity index is 2.01. The number of aryl methyl sites for hydroxylation is 1.